The minimum atomic E-state index is -0.144. The third kappa shape index (κ3) is 6.48. The Kier molecular flexibility index (Phi) is 5.97. The fraction of sp³-hybridized carbons (Fsp3) is 0.500. The summed E-state index contributed by atoms with van der Waals surface area (Å²) < 4.78 is 11.1. The molecule has 0 aromatic carbocycles. The van der Waals surface area contributed by atoms with E-state index in [0.717, 1.165) is 5.56 Å². The molecule has 0 saturated carbocycles. The smallest absolute Gasteiger partial charge is 0.138 e. The molecule has 1 heterocycles. The molecule has 0 aliphatic rings. The third-order valence-corrected chi connectivity index (χ3v) is 2.03. The highest BCUT2D eigenvalue weighted by atomic mass is 35.5. The van der Waals surface area contributed by atoms with Gasteiger partial charge in [-0.1, -0.05) is 11.8 Å². The molecular weight excluding hydrogens is 250 g/mol. The van der Waals surface area contributed by atoms with Gasteiger partial charge in [-0.25, -0.2) is 0 Å². The first-order valence-corrected chi connectivity index (χ1v) is 6.31. The molecule has 1 aromatic rings. The van der Waals surface area contributed by atoms with Gasteiger partial charge in [0.25, 0.3) is 0 Å². The Balaban J connectivity index is 2.43. The largest absolute Gasteiger partial charge is 0.490 e. The van der Waals surface area contributed by atoms with Gasteiger partial charge in [-0.3, -0.25) is 4.98 Å². The zero-order valence-corrected chi connectivity index (χ0v) is 11.8. The van der Waals surface area contributed by atoms with Crippen LogP contribution < -0.4 is 4.74 Å². The summed E-state index contributed by atoms with van der Waals surface area (Å²) in [6.07, 6.45) is 3.33. The molecule has 0 unspecified atom stereocenters. The van der Waals surface area contributed by atoms with Crippen molar-refractivity contribution in [2.45, 2.75) is 26.4 Å². The summed E-state index contributed by atoms with van der Waals surface area (Å²) in [6, 6.07) is 1.84. The zero-order valence-electron chi connectivity index (χ0n) is 11.0. The molecule has 0 aliphatic heterocycles. The van der Waals surface area contributed by atoms with Crippen LogP contribution in [0.5, 0.6) is 5.75 Å². The lowest BCUT2D eigenvalue weighted by Gasteiger charge is -2.19. The van der Waals surface area contributed by atoms with E-state index in [4.69, 9.17) is 21.1 Å². The fourth-order valence-electron chi connectivity index (χ4n) is 1.21. The minimum Gasteiger partial charge on any atom is -0.490 e. The number of ether oxygens (including phenoxy) is 2. The lowest BCUT2D eigenvalue weighted by atomic mass is 10.2. The number of aromatic nitrogens is 1. The lowest BCUT2D eigenvalue weighted by molar-refractivity contribution is -0.0163. The number of alkyl halides is 1. The van der Waals surface area contributed by atoms with E-state index < -0.39 is 0 Å². The van der Waals surface area contributed by atoms with Crippen molar-refractivity contribution >= 4 is 11.6 Å². The van der Waals surface area contributed by atoms with E-state index in [1.54, 1.807) is 12.4 Å². The molecule has 0 radical (unpaired) electrons. The third-order valence-electron chi connectivity index (χ3n) is 1.90. The van der Waals surface area contributed by atoms with Crippen LogP contribution in [0.4, 0.5) is 0 Å². The van der Waals surface area contributed by atoms with Gasteiger partial charge < -0.3 is 9.47 Å². The average molecular weight is 268 g/mol. The summed E-state index contributed by atoms with van der Waals surface area (Å²) in [4.78, 5) is 4.05. The number of rotatable bonds is 4. The molecule has 1 rings (SSSR count). The molecule has 0 atom stereocenters. The molecule has 0 saturated heterocycles. The fourth-order valence-corrected chi connectivity index (χ4v) is 1.28. The van der Waals surface area contributed by atoms with Crippen molar-refractivity contribution in [3.05, 3.63) is 24.0 Å². The first-order chi connectivity index (χ1) is 8.51. The number of nitrogens with zero attached hydrogens (tertiary/aromatic N) is 1. The number of halogens is 1. The summed E-state index contributed by atoms with van der Waals surface area (Å²) >= 11 is 5.49. The maximum absolute atomic E-state index is 5.56. The SMILES string of the molecule is CC(C)(C)OCCOc1cncc(C#CCCl)c1. The van der Waals surface area contributed by atoms with Crippen LogP contribution in [0.1, 0.15) is 26.3 Å². The Bertz CT molecular complexity index is 429. The van der Waals surface area contributed by atoms with Crippen LogP contribution in [0.15, 0.2) is 18.5 Å². The van der Waals surface area contributed by atoms with Gasteiger partial charge in [0.1, 0.15) is 12.4 Å². The Morgan fingerprint density at radius 3 is 2.72 bits per heavy atom. The topological polar surface area (TPSA) is 31.4 Å². The molecule has 1 aromatic heterocycles. The number of pyridine rings is 1. The summed E-state index contributed by atoms with van der Waals surface area (Å²) in [7, 11) is 0. The second-order valence-corrected chi connectivity index (χ2v) is 4.92. The van der Waals surface area contributed by atoms with Crippen molar-refractivity contribution in [2.24, 2.45) is 0 Å². The minimum absolute atomic E-state index is 0.144. The van der Waals surface area contributed by atoms with Crippen LogP contribution in [-0.2, 0) is 4.74 Å². The van der Waals surface area contributed by atoms with Crippen LogP contribution in [0, 0.1) is 11.8 Å². The molecule has 0 N–H and O–H groups in total. The Morgan fingerprint density at radius 1 is 1.28 bits per heavy atom. The molecule has 0 spiro atoms. The molecule has 0 bridgehead atoms. The lowest BCUT2D eigenvalue weighted by Crippen LogP contribution is -2.22. The number of hydrogen-bond donors (Lipinski definition) is 0. The first kappa shape index (κ1) is 14.8. The van der Waals surface area contributed by atoms with E-state index in [1.165, 1.54) is 0 Å². The van der Waals surface area contributed by atoms with Gasteiger partial charge in [-0.05, 0) is 26.8 Å². The second-order valence-electron chi connectivity index (χ2n) is 4.65. The average Bonchev–Trinajstić information content (AvgIpc) is 2.31. The van der Waals surface area contributed by atoms with Gasteiger partial charge in [0, 0.05) is 11.8 Å². The molecule has 18 heavy (non-hydrogen) atoms. The summed E-state index contributed by atoms with van der Waals surface area (Å²) in [5.74, 6) is 6.67. The monoisotopic (exact) mass is 267 g/mol. The predicted molar refractivity (Wildman–Crippen MR) is 73.0 cm³/mol. The van der Waals surface area contributed by atoms with Crippen molar-refractivity contribution < 1.29 is 9.47 Å². The molecule has 4 heteroatoms. The van der Waals surface area contributed by atoms with E-state index in [1.807, 2.05) is 26.8 Å². The molecule has 0 aliphatic carbocycles. The Hall–Kier alpha value is -1.24. The predicted octanol–water partition coefficient (Wildman–Crippen LogP) is 2.87. The van der Waals surface area contributed by atoms with Crippen LogP contribution in [0.25, 0.3) is 0 Å². The zero-order chi connectivity index (χ0) is 13.4. The maximum Gasteiger partial charge on any atom is 0.138 e. The van der Waals surface area contributed by atoms with E-state index >= 15 is 0 Å². The Labute approximate surface area is 113 Å². The standard InChI is InChI=1S/C14H18ClNO2/c1-14(2,3)18-8-7-17-13-9-12(5-4-6-15)10-16-11-13/h9-11H,6-8H2,1-3H3. The highest BCUT2D eigenvalue weighted by Crippen LogP contribution is 2.11. The highest BCUT2D eigenvalue weighted by molar-refractivity contribution is 6.19. The summed E-state index contributed by atoms with van der Waals surface area (Å²) in [6.45, 7) is 7.07. The van der Waals surface area contributed by atoms with Crippen LogP contribution in [-0.4, -0.2) is 29.7 Å². The van der Waals surface area contributed by atoms with Crippen LogP contribution in [0.3, 0.4) is 0 Å². The van der Waals surface area contributed by atoms with E-state index in [9.17, 15) is 0 Å². The van der Waals surface area contributed by atoms with Crippen LogP contribution in [0.2, 0.25) is 0 Å². The second kappa shape index (κ2) is 7.25. The first-order valence-electron chi connectivity index (χ1n) is 5.78. The van der Waals surface area contributed by atoms with Crippen molar-refractivity contribution in [2.75, 3.05) is 19.1 Å². The van der Waals surface area contributed by atoms with Gasteiger partial charge in [0.2, 0.25) is 0 Å². The van der Waals surface area contributed by atoms with Crippen LogP contribution >= 0.6 is 11.6 Å². The van der Waals surface area contributed by atoms with Crippen molar-refractivity contribution in [1.29, 1.82) is 0 Å². The van der Waals surface area contributed by atoms with Crippen molar-refractivity contribution in [3.8, 4) is 17.6 Å². The molecule has 3 nitrogen and oxygen atoms in total. The van der Waals surface area contributed by atoms with Gasteiger partial charge >= 0.3 is 0 Å². The van der Waals surface area contributed by atoms with E-state index in [2.05, 4.69) is 16.8 Å². The van der Waals surface area contributed by atoms with E-state index in [-0.39, 0.29) is 5.60 Å². The van der Waals surface area contributed by atoms with Crippen molar-refractivity contribution in [3.63, 3.8) is 0 Å². The van der Waals surface area contributed by atoms with Gasteiger partial charge in [0.05, 0.1) is 24.3 Å². The summed E-state index contributed by atoms with van der Waals surface area (Å²) in [5, 5.41) is 0. The number of hydrogen-bond acceptors (Lipinski definition) is 3. The molecule has 0 amide bonds. The molecule has 98 valence electrons. The highest BCUT2D eigenvalue weighted by Gasteiger charge is 2.09. The van der Waals surface area contributed by atoms with E-state index in [0.29, 0.717) is 24.8 Å². The summed E-state index contributed by atoms with van der Waals surface area (Å²) in [5.41, 5.74) is 0.653. The molecular formula is C14H18ClNO2. The van der Waals surface area contributed by atoms with Gasteiger partial charge in [0.15, 0.2) is 0 Å². The maximum atomic E-state index is 5.56. The molecule has 0 fully saturated rings. The van der Waals surface area contributed by atoms with Crippen molar-refractivity contribution in [1.82, 2.24) is 4.98 Å². The van der Waals surface area contributed by atoms with Gasteiger partial charge in [-0.15, -0.1) is 11.6 Å². The quantitative estimate of drug-likeness (QED) is 0.478. The van der Waals surface area contributed by atoms with Gasteiger partial charge in [-0.2, -0.15) is 0 Å². The normalized spacial score (nSPS) is 10.7. The Morgan fingerprint density at radius 2 is 2.06 bits per heavy atom.